The molecular formula is C11H17NO2. The second-order valence-corrected chi connectivity index (χ2v) is 3.04. The Morgan fingerprint density at radius 1 is 1.14 bits per heavy atom. The van der Waals surface area contributed by atoms with E-state index in [9.17, 15) is 0 Å². The van der Waals surface area contributed by atoms with Gasteiger partial charge in [0.15, 0.2) is 0 Å². The van der Waals surface area contributed by atoms with Crippen molar-refractivity contribution in [3.05, 3.63) is 17.7 Å². The molecule has 3 heteroatoms. The van der Waals surface area contributed by atoms with Gasteiger partial charge in [-0.1, -0.05) is 0 Å². The maximum absolute atomic E-state index is 5.25. The molecule has 0 radical (unpaired) electrons. The highest BCUT2D eigenvalue weighted by atomic mass is 16.5. The van der Waals surface area contributed by atoms with Crippen molar-refractivity contribution < 1.29 is 9.47 Å². The molecule has 0 saturated carbocycles. The molecule has 0 bridgehead atoms. The molecule has 1 rings (SSSR count). The van der Waals surface area contributed by atoms with Crippen LogP contribution in [0.5, 0.6) is 11.5 Å². The summed E-state index contributed by atoms with van der Waals surface area (Å²) >= 11 is 0. The molecule has 0 fully saturated rings. The van der Waals surface area contributed by atoms with Gasteiger partial charge in [0.1, 0.15) is 11.5 Å². The number of hydrogen-bond donors (Lipinski definition) is 1. The van der Waals surface area contributed by atoms with Crippen LogP contribution >= 0.6 is 0 Å². The number of ether oxygens (including phenoxy) is 2. The Kier molecular flexibility index (Phi) is 3.63. The van der Waals surface area contributed by atoms with Gasteiger partial charge in [-0.3, -0.25) is 0 Å². The van der Waals surface area contributed by atoms with E-state index in [0.29, 0.717) is 0 Å². The van der Waals surface area contributed by atoms with E-state index in [1.807, 2.05) is 19.1 Å². The maximum Gasteiger partial charge on any atom is 0.127 e. The average molecular weight is 195 g/mol. The first-order valence-corrected chi connectivity index (χ1v) is 4.69. The van der Waals surface area contributed by atoms with E-state index in [1.165, 1.54) is 0 Å². The predicted molar refractivity (Wildman–Crippen MR) is 58.4 cm³/mol. The summed E-state index contributed by atoms with van der Waals surface area (Å²) in [5.74, 6) is 1.70. The monoisotopic (exact) mass is 195 g/mol. The molecule has 1 aromatic carbocycles. The summed E-state index contributed by atoms with van der Waals surface area (Å²) < 4.78 is 10.5. The van der Waals surface area contributed by atoms with Gasteiger partial charge >= 0.3 is 0 Å². The van der Waals surface area contributed by atoms with Crippen molar-refractivity contribution in [2.75, 3.05) is 26.1 Å². The third kappa shape index (κ3) is 2.10. The molecule has 78 valence electrons. The quantitative estimate of drug-likeness (QED) is 0.800. The number of rotatable bonds is 4. The summed E-state index contributed by atoms with van der Waals surface area (Å²) in [6.07, 6.45) is 0. The van der Waals surface area contributed by atoms with Crippen LogP contribution in [0.2, 0.25) is 0 Å². The van der Waals surface area contributed by atoms with E-state index >= 15 is 0 Å². The number of nitrogens with one attached hydrogen (secondary N) is 1. The third-order valence-electron chi connectivity index (χ3n) is 2.13. The molecule has 0 aliphatic carbocycles. The molecule has 14 heavy (non-hydrogen) atoms. The highest BCUT2D eigenvalue weighted by molar-refractivity contribution is 5.58. The van der Waals surface area contributed by atoms with Crippen molar-refractivity contribution >= 4 is 5.69 Å². The highest BCUT2D eigenvalue weighted by Gasteiger charge is 2.07. The third-order valence-corrected chi connectivity index (χ3v) is 2.13. The van der Waals surface area contributed by atoms with Crippen molar-refractivity contribution in [3.8, 4) is 11.5 Å². The molecule has 0 atom stereocenters. The topological polar surface area (TPSA) is 30.5 Å². The van der Waals surface area contributed by atoms with Gasteiger partial charge in [0.25, 0.3) is 0 Å². The molecule has 0 aromatic heterocycles. The molecule has 0 aliphatic rings. The van der Waals surface area contributed by atoms with Crippen LogP contribution in [0.3, 0.4) is 0 Å². The Hall–Kier alpha value is -1.38. The van der Waals surface area contributed by atoms with E-state index in [2.05, 4.69) is 12.2 Å². The van der Waals surface area contributed by atoms with Crippen molar-refractivity contribution in [1.82, 2.24) is 0 Å². The Labute approximate surface area is 85.0 Å². The van der Waals surface area contributed by atoms with Crippen LogP contribution in [0.1, 0.15) is 12.5 Å². The number of anilines is 1. The molecule has 1 N–H and O–H groups in total. The van der Waals surface area contributed by atoms with Crippen molar-refractivity contribution in [2.45, 2.75) is 13.8 Å². The molecule has 0 heterocycles. The lowest BCUT2D eigenvalue weighted by molar-refractivity contribution is 0.389. The Bertz CT molecular complexity index is 285. The summed E-state index contributed by atoms with van der Waals surface area (Å²) in [6, 6.07) is 3.95. The zero-order valence-corrected chi connectivity index (χ0v) is 9.18. The molecule has 0 unspecified atom stereocenters. The van der Waals surface area contributed by atoms with Crippen LogP contribution in [0, 0.1) is 6.92 Å². The van der Waals surface area contributed by atoms with Crippen molar-refractivity contribution in [1.29, 1.82) is 0 Å². The molecule has 1 aromatic rings. The van der Waals surface area contributed by atoms with Crippen LogP contribution in [0.25, 0.3) is 0 Å². The first-order chi connectivity index (χ1) is 6.72. The standard InChI is InChI=1S/C11H17NO2/c1-5-12-9-6-10(13-3)8(2)11(7-9)14-4/h6-7,12H,5H2,1-4H3. The molecule has 0 spiro atoms. The van der Waals surface area contributed by atoms with Crippen LogP contribution in [-0.4, -0.2) is 20.8 Å². The number of methoxy groups -OCH3 is 2. The van der Waals surface area contributed by atoms with E-state index in [4.69, 9.17) is 9.47 Å². The van der Waals surface area contributed by atoms with Gasteiger partial charge in [-0.15, -0.1) is 0 Å². The molecule has 0 aliphatic heterocycles. The van der Waals surface area contributed by atoms with E-state index in [-0.39, 0.29) is 0 Å². The maximum atomic E-state index is 5.25. The zero-order valence-electron chi connectivity index (χ0n) is 9.18. The second-order valence-electron chi connectivity index (χ2n) is 3.04. The molecule has 3 nitrogen and oxygen atoms in total. The van der Waals surface area contributed by atoms with Crippen LogP contribution in [0.4, 0.5) is 5.69 Å². The smallest absolute Gasteiger partial charge is 0.127 e. The summed E-state index contributed by atoms with van der Waals surface area (Å²) in [5, 5.41) is 3.22. The lowest BCUT2D eigenvalue weighted by Gasteiger charge is -2.12. The lowest BCUT2D eigenvalue weighted by atomic mass is 10.1. The number of benzene rings is 1. The van der Waals surface area contributed by atoms with Gasteiger partial charge in [0.05, 0.1) is 14.2 Å². The van der Waals surface area contributed by atoms with Crippen LogP contribution in [-0.2, 0) is 0 Å². The fraction of sp³-hybridized carbons (Fsp3) is 0.455. The first kappa shape index (κ1) is 10.7. The summed E-state index contributed by atoms with van der Waals surface area (Å²) in [6.45, 7) is 4.92. The van der Waals surface area contributed by atoms with Crippen molar-refractivity contribution in [3.63, 3.8) is 0 Å². The van der Waals surface area contributed by atoms with Gasteiger partial charge in [0, 0.05) is 29.9 Å². The minimum absolute atomic E-state index is 0.848. The average Bonchev–Trinajstić information content (AvgIpc) is 2.20. The Balaban J connectivity index is 3.11. The predicted octanol–water partition coefficient (Wildman–Crippen LogP) is 2.44. The Morgan fingerprint density at radius 3 is 2.00 bits per heavy atom. The normalized spacial score (nSPS) is 9.71. The summed E-state index contributed by atoms with van der Waals surface area (Å²) in [4.78, 5) is 0. The van der Waals surface area contributed by atoms with Gasteiger partial charge in [-0.25, -0.2) is 0 Å². The zero-order chi connectivity index (χ0) is 10.6. The van der Waals surface area contributed by atoms with Crippen molar-refractivity contribution in [2.24, 2.45) is 0 Å². The van der Waals surface area contributed by atoms with E-state index in [1.54, 1.807) is 14.2 Å². The summed E-state index contributed by atoms with van der Waals surface area (Å²) in [5.41, 5.74) is 2.04. The van der Waals surface area contributed by atoms with Gasteiger partial charge in [0.2, 0.25) is 0 Å². The van der Waals surface area contributed by atoms with Gasteiger partial charge in [-0.05, 0) is 13.8 Å². The number of hydrogen-bond acceptors (Lipinski definition) is 3. The van der Waals surface area contributed by atoms with Crippen LogP contribution in [0.15, 0.2) is 12.1 Å². The molecular weight excluding hydrogens is 178 g/mol. The van der Waals surface area contributed by atoms with E-state index < -0.39 is 0 Å². The first-order valence-electron chi connectivity index (χ1n) is 4.69. The Morgan fingerprint density at radius 2 is 1.64 bits per heavy atom. The summed E-state index contributed by atoms with van der Waals surface area (Å²) in [7, 11) is 3.33. The fourth-order valence-corrected chi connectivity index (χ4v) is 1.39. The second kappa shape index (κ2) is 4.74. The molecule has 0 saturated heterocycles. The fourth-order valence-electron chi connectivity index (χ4n) is 1.39. The largest absolute Gasteiger partial charge is 0.496 e. The molecule has 0 amide bonds. The van der Waals surface area contributed by atoms with E-state index in [0.717, 1.165) is 29.3 Å². The van der Waals surface area contributed by atoms with Crippen LogP contribution < -0.4 is 14.8 Å². The minimum Gasteiger partial charge on any atom is -0.496 e. The van der Waals surface area contributed by atoms with Gasteiger partial charge < -0.3 is 14.8 Å². The highest BCUT2D eigenvalue weighted by Crippen LogP contribution is 2.31. The SMILES string of the molecule is CCNc1cc(OC)c(C)c(OC)c1. The van der Waals surface area contributed by atoms with Gasteiger partial charge in [-0.2, -0.15) is 0 Å². The lowest BCUT2D eigenvalue weighted by Crippen LogP contribution is -1.99. The minimum atomic E-state index is 0.848.